The van der Waals surface area contributed by atoms with Crippen LogP contribution in [0.15, 0.2) is 4.99 Å². The third kappa shape index (κ3) is 17.2. The van der Waals surface area contributed by atoms with Gasteiger partial charge in [-0.3, -0.25) is 43.3 Å². The second kappa shape index (κ2) is 21.9. The van der Waals surface area contributed by atoms with Crippen LogP contribution in [0.2, 0.25) is 0 Å². The van der Waals surface area contributed by atoms with Crippen LogP contribution < -0.4 is 60.2 Å². The van der Waals surface area contributed by atoms with Crippen molar-refractivity contribution in [2.75, 3.05) is 44.2 Å². The lowest BCUT2D eigenvalue weighted by Gasteiger charge is -2.22. The van der Waals surface area contributed by atoms with Crippen molar-refractivity contribution in [2.45, 2.75) is 43.4 Å². The average Bonchev–Trinajstić information content (AvgIpc) is 3.02. The van der Waals surface area contributed by atoms with E-state index >= 15 is 0 Å². The van der Waals surface area contributed by atoms with E-state index in [-0.39, 0.29) is 43.4 Å². The number of rotatable bonds is 13. The summed E-state index contributed by atoms with van der Waals surface area (Å²) in [5, 5.41) is 25.7. The Morgan fingerprint density at radius 2 is 1.48 bits per heavy atom. The molecule has 1 aliphatic rings. The molecule has 268 valence electrons. The average molecular weight is 721 g/mol. The van der Waals surface area contributed by atoms with Crippen molar-refractivity contribution in [1.82, 2.24) is 37.2 Å². The van der Waals surface area contributed by atoms with Gasteiger partial charge in [-0.2, -0.15) is 0 Å². The van der Waals surface area contributed by atoms with Gasteiger partial charge in [-0.15, -0.1) is 0 Å². The fourth-order valence-electron chi connectivity index (χ4n) is 3.59. The first-order chi connectivity index (χ1) is 22.6. The summed E-state index contributed by atoms with van der Waals surface area (Å²) in [5.41, 5.74) is 21.0. The van der Waals surface area contributed by atoms with E-state index in [1.165, 1.54) is 0 Å². The third-order valence-corrected chi connectivity index (χ3v) is 8.38. The molecule has 48 heavy (non-hydrogen) atoms. The van der Waals surface area contributed by atoms with Crippen molar-refractivity contribution in [3.8, 4) is 0 Å². The van der Waals surface area contributed by atoms with Crippen LogP contribution in [-0.2, 0) is 43.2 Å². The number of primary amides is 1. The van der Waals surface area contributed by atoms with E-state index in [4.69, 9.17) is 22.9 Å². The molecular weight excluding hydrogens is 680 g/mol. The highest BCUT2D eigenvalue weighted by atomic mass is 33.1. The number of carboxylic acids is 1. The monoisotopic (exact) mass is 720 g/mol. The number of guanidine groups is 1. The molecule has 1 heterocycles. The number of aliphatic carboxylic acids is 1. The Morgan fingerprint density at radius 1 is 0.833 bits per heavy atom. The Balaban J connectivity index is 3.17. The molecule has 16 N–H and O–H groups in total. The highest BCUT2D eigenvalue weighted by Crippen LogP contribution is 2.23. The highest BCUT2D eigenvalue weighted by molar-refractivity contribution is 8.76. The molecule has 0 bridgehead atoms. The second-order valence-corrected chi connectivity index (χ2v) is 12.4. The van der Waals surface area contributed by atoms with Gasteiger partial charge in [0.15, 0.2) is 5.96 Å². The zero-order valence-corrected chi connectivity index (χ0v) is 27.2. The van der Waals surface area contributed by atoms with Crippen LogP contribution >= 0.6 is 21.6 Å². The van der Waals surface area contributed by atoms with Crippen molar-refractivity contribution >= 4 is 80.8 Å². The van der Waals surface area contributed by atoms with E-state index in [2.05, 4.69) is 42.2 Å². The summed E-state index contributed by atoms with van der Waals surface area (Å²) in [6.45, 7) is -2.08. The number of aliphatic imine (C=N–C) groups is 1. The summed E-state index contributed by atoms with van der Waals surface area (Å²) >= 11 is 0. The number of nitrogens with zero attached hydrogens (tertiary/aromatic N) is 1. The molecule has 1 saturated heterocycles. The molecule has 24 heteroatoms. The van der Waals surface area contributed by atoms with Gasteiger partial charge >= 0.3 is 5.97 Å². The number of nitrogens with one attached hydrogen (secondary N) is 7. The van der Waals surface area contributed by atoms with Crippen LogP contribution in [0.1, 0.15) is 19.3 Å². The Kier molecular flexibility index (Phi) is 18.8. The molecule has 22 nitrogen and oxygen atoms in total. The Hall–Kier alpha value is -4.84. The molecule has 4 atom stereocenters. The number of carbonyl (C=O) groups is 9. The zero-order chi connectivity index (χ0) is 36.2. The minimum absolute atomic E-state index is 0.0128. The predicted molar refractivity (Wildman–Crippen MR) is 172 cm³/mol. The molecule has 1 rings (SSSR count). The van der Waals surface area contributed by atoms with Gasteiger partial charge in [0, 0.05) is 18.1 Å². The van der Waals surface area contributed by atoms with E-state index in [0.717, 1.165) is 21.6 Å². The maximum absolute atomic E-state index is 13.2. The summed E-state index contributed by atoms with van der Waals surface area (Å²) in [4.78, 5) is 115. The topological polar surface area (TPSA) is 375 Å². The number of amides is 8. The van der Waals surface area contributed by atoms with Gasteiger partial charge in [0.05, 0.1) is 32.6 Å². The van der Waals surface area contributed by atoms with Crippen LogP contribution in [-0.4, -0.2) is 133 Å². The summed E-state index contributed by atoms with van der Waals surface area (Å²) in [7, 11) is 1.84. The maximum Gasteiger partial charge on any atom is 0.327 e. The lowest BCUT2D eigenvalue weighted by molar-refractivity contribution is -0.141. The standard InChI is InChI=1S/C24H40N12O10S2/c25-5-16(38)30-6-17(39)31-7-18(40)34-13-9-47-48-10-14(23(45)46)36-21(43)11(2-1-3-29-24(27)28)33-19(41)8-32-20(42)12(4-15(26)37)35-22(13)44/h11-14H,1-10,25H2,(H2,26,37)(H,30,38)(H,31,39)(H,32,42)(H,33,41)(H,34,40)(H,35,44)(H,36,43)(H,45,46)(H4,27,28,29)/t11-,12-,13-,14-/m0/s1. The molecule has 1 aliphatic heterocycles. The molecule has 1 fully saturated rings. The Morgan fingerprint density at radius 3 is 2.10 bits per heavy atom. The summed E-state index contributed by atoms with van der Waals surface area (Å²) < 4.78 is 0. The van der Waals surface area contributed by atoms with Crippen LogP contribution in [0, 0.1) is 0 Å². The molecule has 0 unspecified atom stereocenters. The minimum Gasteiger partial charge on any atom is -0.480 e. The fraction of sp³-hybridized carbons (Fsp3) is 0.583. The smallest absolute Gasteiger partial charge is 0.327 e. The summed E-state index contributed by atoms with van der Waals surface area (Å²) in [5.74, 6) is -8.92. The molecule has 0 aromatic rings. The quantitative estimate of drug-likeness (QED) is 0.0364. The Labute approximate surface area is 281 Å². The van der Waals surface area contributed by atoms with E-state index in [9.17, 15) is 48.3 Å². The van der Waals surface area contributed by atoms with Crippen molar-refractivity contribution in [1.29, 1.82) is 0 Å². The third-order valence-electron chi connectivity index (χ3n) is 5.96. The van der Waals surface area contributed by atoms with Crippen LogP contribution in [0.4, 0.5) is 0 Å². The van der Waals surface area contributed by atoms with E-state index < -0.39 is 103 Å². The zero-order valence-electron chi connectivity index (χ0n) is 25.6. The molecule has 0 aromatic carbocycles. The lowest BCUT2D eigenvalue weighted by atomic mass is 10.1. The van der Waals surface area contributed by atoms with Gasteiger partial charge < -0.3 is 65.3 Å². The SMILES string of the molecule is NCC(=O)NCC(=O)NCC(=O)N[C@H]1CSSC[C@@H](C(=O)O)NC(=O)[C@H](CCCN=C(N)N)NC(=O)CNC(=O)[C@H](CC(N)=O)NC1=O. The number of nitrogens with two attached hydrogens (primary N) is 4. The lowest BCUT2D eigenvalue weighted by Crippen LogP contribution is -2.57. The van der Waals surface area contributed by atoms with Crippen LogP contribution in [0.3, 0.4) is 0 Å². The highest BCUT2D eigenvalue weighted by Gasteiger charge is 2.31. The maximum atomic E-state index is 13.2. The van der Waals surface area contributed by atoms with E-state index in [0.29, 0.717) is 0 Å². The fourth-order valence-corrected chi connectivity index (χ4v) is 5.91. The number of carbonyl (C=O) groups excluding carboxylic acids is 8. The van der Waals surface area contributed by atoms with Gasteiger partial charge in [0.2, 0.25) is 47.3 Å². The number of hydrogen-bond donors (Lipinski definition) is 12. The molecule has 0 aliphatic carbocycles. The van der Waals surface area contributed by atoms with Crippen molar-refractivity contribution in [3.05, 3.63) is 0 Å². The number of hydrogen-bond acceptors (Lipinski definition) is 13. The largest absolute Gasteiger partial charge is 0.480 e. The van der Waals surface area contributed by atoms with E-state index in [1.807, 2.05) is 0 Å². The summed E-state index contributed by atoms with van der Waals surface area (Å²) in [6.07, 6.45) is -0.497. The minimum atomic E-state index is -1.59. The van der Waals surface area contributed by atoms with Crippen LogP contribution in [0.5, 0.6) is 0 Å². The van der Waals surface area contributed by atoms with E-state index in [1.54, 1.807) is 0 Å². The van der Waals surface area contributed by atoms with Crippen molar-refractivity contribution in [2.24, 2.45) is 27.9 Å². The molecule has 0 saturated carbocycles. The molecule has 0 spiro atoms. The first-order valence-corrected chi connectivity index (χ1v) is 16.6. The Bertz CT molecular complexity index is 1250. The van der Waals surface area contributed by atoms with Crippen LogP contribution in [0.25, 0.3) is 0 Å². The normalized spacial score (nSPS) is 21.1. The second-order valence-electron chi connectivity index (χ2n) is 9.86. The first-order valence-electron chi connectivity index (χ1n) is 14.1. The van der Waals surface area contributed by atoms with Gasteiger partial charge in [-0.1, -0.05) is 21.6 Å². The molecule has 0 radical (unpaired) electrons. The molecule has 0 aromatic heterocycles. The predicted octanol–water partition coefficient (Wildman–Crippen LogP) is -7.36. The number of carboxylic acid groups (broad SMARTS) is 1. The molecule has 8 amide bonds. The van der Waals surface area contributed by atoms with Crippen molar-refractivity contribution in [3.63, 3.8) is 0 Å². The van der Waals surface area contributed by atoms with Gasteiger partial charge in [-0.25, -0.2) is 4.79 Å². The summed E-state index contributed by atoms with van der Waals surface area (Å²) in [6, 6.07) is -5.69. The first kappa shape index (κ1) is 41.2. The van der Waals surface area contributed by atoms with Gasteiger partial charge in [-0.05, 0) is 12.8 Å². The molecular formula is C24H40N12O10S2. The van der Waals surface area contributed by atoms with Gasteiger partial charge in [0.1, 0.15) is 24.2 Å². The van der Waals surface area contributed by atoms with Crippen molar-refractivity contribution < 1.29 is 48.3 Å². The van der Waals surface area contributed by atoms with Gasteiger partial charge in [0.25, 0.3) is 0 Å².